The first-order chi connectivity index (χ1) is 13.5. The number of carboxylic acids is 1. The number of rotatable bonds is 4. The van der Waals surface area contributed by atoms with Crippen LogP contribution in [0.1, 0.15) is 52.9 Å². The SMILES string of the molecule is COC(=O)c1c(NC(=O)C2C3C=CC(C3)C2C(=O)[O-])sc2c1CCCCCC2. The van der Waals surface area contributed by atoms with Gasteiger partial charge in [0.05, 0.1) is 18.6 Å². The lowest BCUT2D eigenvalue weighted by molar-refractivity contribution is -0.313. The fourth-order valence-corrected chi connectivity index (χ4v) is 6.30. The average molecular weight is 402 g/mol. The largest absolute Gasteiger partial charge is 0.550 e. The van der Waals surface area contributed by atoms with Crippen molar-refractivity contribution >= 4 is 34.2 Å². The second-order valence-electron chi connectivity index (χ2n) is 7.92. The number of carboxylic acid groups (broad SMARTS) is 1. The molecule has 1 amide bonds. The van der Waals surface area contributed by atoms with Crippen LogP contribution in [0.25, 0.3) is 0 Å². The van der Waals surface area contributed by atoms with Crippen LogP contribution in [0.2, 0.25) is 0 Å². The Labute approximate surface area is 168 Å². The fraction of sp³-hybridized carbons (Fsp3) is 0.571. The summed E-state index contributed by atoms with van der Waals surface area (Å²) in [6, 6.07) is 0. The molecule has 4 rings (SSSR count). The normalized spacial score (nSPS) is 28.3. The third kappa shape index (κ3) is 3.26. The topological polar surface area (TPSA) is 95.5 Å². The lowest BCUT2D eigenvalue weighted by atomic mass is 9.82. The van der Waals surface area contributed by atoms with Gasteiger partial charge in [-0.2, -0.15) is 0 Å². The maximum absolute atomic E-state index is 13.0. The Hall–Kier alpha value is -2.15. The zero-order valence-electron chi connectivity index (χ0n) is 15.9. The van der Waals surface area contributed by atoms with Gasteiger partial charge in [-0.25, -0.2) is 4.79 Å². The maximum atomic E-state index is 13.0. The number of methoxy groups -OCH3 is 1. The minimum absolute atomic E-state index is 0.0875. The number of esters is 1. The Balaban J connectivity index is 1.64. The number of allylic oxidation sites excluding steroid dienone is 2. The molecule has 150 valence electrons. The van der Waals surface area contributed by atoms with Crippen molar-refractivity contribution in [1.29, 1.82) is 0 Å². The van der Waals surface area contributed by atoms with Crippen LogP contribution in [0, 0.1) is 23.7 Å². The van der Waals surface area contributed by atoms with Crippen molar-refractivity contribution in [1.82, 2.24) is 0 Å². The molecule has 1 heterocycles. The lowest BCUT2D eigenvalue weighted by Crippen LogP contribution is -2.42. The van der Waals surface area contributed by atoms with Gasteiger partial charge in [0.25, 0.3) is 0 Å². The van der Waals surface area contributed by atoms with E-state index >= 15 is 0 Å². The van der Waals surface area contributed by atoms with Gasteiger partial charge in [-0.1, -0.05) is 25.0 Å². The Morgan fingerprint density at radius 3 is 2.43 bits per heavy atom. The summed E-state index contributed by atoms with van der Waals surface area (Å²) in [6.07, 6.45) is 10.5. The quantitative estimate of drug-likeness (QED) is 0.616. The summed E-state index contributed by atoms with van der Waals surface area (Å²) >= 11 is 1.43. The fourth-order valence-electron chi connectivity index (χ4n) is 5.02. The van der Waals surface area contributed by atoms with E-state index in [1.165, 1.54) is 18.4 Å². The molecule has 28 heavy (non-hydrogen) atoms. The zero-order valence-corrected chi connectivity index (χ0v) is 16.7. The van der Waals surface area contributed by atoms with Gasteiger partial charge in [-0.3, -0.25) is 4.79 Å². The number of hydrogen-bond donors (Lipinski definition) is 1. The monoisotopic (exact) mass is 402 g/mol. The highest BCUT2D eigenvalue weighted by Gasteiger charge is 2.49. The predicted octanol–water partition coefficient (Wildman–Crippen LogP) is 2.32. The molecule has 3 aliphatic carbocycles. The van der Waals surface area contributed by atoms with Crippen molar-refractivity contribution in [2.45, 2.75) is 44.9 Å². The van der Waals surface area contributed by atoms with Gasteiger partial charge >= 0.3 is 5.97 Å². The number of anilines is 1. The third-order valence-electron chi connectivity index (χ3n) is 6.33. The maximum Gasteiger partial charge on any atom is 0.341 e. The molecule has 6 nitrogen and oxygen atoms in total. The van der Waals surface area contributed by atoms with Crippen LogP contribution in [0.3, 0.4) is 0 Å². The molecule has 1 N–H and O–H groups in total. The first-order valence-corrected chi connectivity index (χ1v) is 10.8. The van der Waals surface area contributed by atoms with Crippen LogP contribution >= 0.6 is 11.3 Å². The van der Waals surface area contributed by atoms with Gasteiger partial charge in [-0.05, 0) is 49.5 Å². The van der Waals surface area contributed by atoms with Crippen LogP contribution in [0.5, 0.6) is 0 Å². The molecule has 1 aromatic rings. The van der Waals surface area contributed by atoms with Crippen molar-refractivity contribution in [2.24, 2.45) is 23.7 Å². The molecule has 7 heteroatoms. The predicted molar refractivity (Wildman–Crippen MR) is 103 cm³/mol. The number of hydrogen-bond acceptors (Lipinski definition) is 6. The molecule has 0 spiro atoms. The number of nitrogens with one attached hydrogen (secondary N) is 1. The van der Waals surface area contributed by atoms with E-state index in [0.717, 1.165) is 49.0 Å². The molecule has 0 saturated heterocycles. The number of ether oxygens (including phenoxy) is 1. The molecule has 1 saturated carbocycles. The van der Waals surface area contributed by atoms with Gasteiger partial charge in [0.15, 0.2) is 0 Å². The van der Waals surface area contributed by atoms with Crippen molar-refractivity contribution < 1.29 is 24.2 Å². The summed E-state index contributed by atoms with van der Waals surface area (Å²) in [6.45, 7) is 0. The van der Waals surface area contributed by atoms with E-state index in [1.807, 2.05) is 12.2 Å². The van der Waals surface area contributed by atoms with Gasteiger partial charge in [0, 0.05) is 16.8 Å². The van der Waals surface area contributed by atoms with E-state index in [0.29, 0.717) is 17.0 Å². The number of fused-ring (bicyclic) bond motifs is 3. The van der Waals surface area contributed by atoms with Crippen LogP contribution in [0.4, 0.5) is 5.00 Å². The highest BCUT2D eigenvalue weighted by molar-refractivity contribution is 7.17. The smallest absolute Gasteiger partial charge is 0.341 e. The highest BCUT2D eigenvalue weighted by Crippen LogP contribution is 2.48. The van der Waals surface area contributed by atoms with Crippen LogP contribution in [-0.4, -0.2) is 25.0 Å². The van der Waals surface area contributed by atoms with Crippen LogP contribution in [0.15, 0.2) is 12.2 Å². The second-order valence-corrected chi connectivity index (χ2v) is 9.03. The van der Waals surface area contributed by atoms with Gasteiger partial charge < -0.3 is 20.0 Å². The Morgan fingerprint density at radius 2 is 1.75 bits per heavy atom. The number of aryl methyl sites for hydroxylation is 1. The van der Waals surface area contributed by atoms with E-state index in [1.54, 1.807) is 0 Å². The Bertz CT molecular complexity index is 842. The Morgan fingerprint density at radius 1 is 1.07 bits per heavy atom. The first-order valence-electron chi connectivity index (χ1n) is 9.94. The Kier molecular flexibility index (Phi) is 5.27. The summed E-state index contributed by atoms with van der Waals surface area (Å²) in [5.41, 5.74) is 1.43. The van der Waals surface area contributed by atoms with Crippen molar-refractivity contribution in [2.75, 3.05) is 12.4 Å². The van der Waals surface area contributed by atoms with Crippen molar-refractivity contribution in [3.63, 3.8) is 0 Å². The molecular formula is C21H24NO5S-. The third-order valence-corrected chi connectivity index (χ3v) is 7.54. The average Bonchev–Trinajstić information content (AvgIpc) is 3.34. The van der Waals surface area contributed by atoms with E-state index < -0.39 is 23.8 Å². The van der Waals surface area contributed by atoms with Gasteiger partial charge in [-0.15, -0.1) is 11.3 Å². The molecule has 2 bridgehead atoms. The van der Waals surface area contributed by atoms with E-state index in [2.05, 4.69) is 5.32 Å². The van der Waals surface area contributed by atoms with Crippen LogP contribution in [-0.2, 0) is 27.2 Å². The molecule has 0 aromatic carbocycles. The second kappa shape index (κ2) is 7.70. The van der Waals surface area contributed by atoms with Crippen molar-refractivity contribution in [3.05, 3.63) is 28.2 Å². The van der Waals surface area contributed by atoms with Gasteiger partial charge in [0.2, 0.25) is 5.91 Å². The van der Waals surface area contributed by atoms with E-state index in [9.17, 15) is 19.5 Å². The summed E-state index contributed by atoms with van der Waals surface area (Å²) < 4.78 is 4.99. The number of thiophene rings is 1. The van der Waals surface area contributed by atoms with E-state index in [4.69, 9.17) is 4.74 Å². The number of amides is 1. The van der Waals surface area contributed by atoms with E-state index in [-0.39, 0.29) is 17.7 Å². The minimum atomic E-state index is -1.18. The molecule has 3 aliphatic rings. The molecule has 0 aliphatic heterocycles. The van der Waals surface area contributed by atoms with Gasteiger partial charge in [0.1, 0.15) is 5.00 Å². The molecule has 4 atom stereocenters. The zero-order chi connectivity index (χ0) is 19.8. The highest BCUT2D eigenvalue weighted by atomic mass is 32.1. The molecule has 0 radical (unpaired) electrons. The number of aliphatic carboxylic acids is 1. The first kappa shape index (κ1) is 19.2. The molecule has 4 unspecified atom stereocenters. The summed E-state index contributed by atoms with van der Waals surface area (Å²) in [7, 11) is 1.34. The molecule has 1 fully saturated rings. The van der Waals surface area contributed by atoms with Crippen molar-refractivity contribution in [3.8, 4) is 0 Å². The molecule has 1 aromatic heterocycles. The summed E-state index contributed by atoms with van der Waals surface area (Å²) in [4.78, 5) is 38.3. The standard InChI is InChI=1S/C21H25NO5S/c1-27-21(26)17-13-6-4-2-3-5-7-14(13)28-19(17)22-18(23)15-11-8-9-12(10-11)16(15)20(24)25/h8-9,11-12,15-16H,2-7,10H2,1H3,(H,22,23)(H,24,25)/p-1. The summed E-state index contributed by atoms with van der Waals surface area (Å²) in [5, 5.41) is 15.0. The lowest BCUT2D eigenvalue weighted by Gasteiger charge is -2.27. The minimum Gasteiger partial charge on any atom is -0.550 e. The number of carbonyl (C=O) groups is 3. The molecular weight excluding hydrogens is 378 g/mol. The van der Waals surface area contributed by atoms with Crippen LogP contribution < -0.4 is 10.4 Å². The number of carbonyl (C=O) groups excluding carboxylic acids is 3. The summed E-state index contributed by atoms with van der Waals surface area (Å²) in [5.74, 6) is -3.66.